The molecule has 0 amide bonds. The Labute approximate surface area is 100 Å². The maximum Gasteiger partial charge on any atom is 0.216 e. The highest BCUT2D eigenvalue weighted by molar-refractivity contribution is 5.76. The SMILES string of the molecule is C=CCn1c(C(OC)OC)nc2ccccc21. The maximum absolute atomic E-state index is 5.26. The lowest BCUT2D eigenvalue weighted by Gasteiger charge is -2.14. The van der Waals surface area contributed by atoms with E-state index in [1.54, 1.807) is 14.2 Å². The highest BCUT2D eigenvalue weighted by Gasteiger charge is 2.18. The van der Waals surface area contributed by atoms with Crippen LogP contribution in [-0.2, 0) is 16.0 Å². The van der Waals surface area contributed by atoms with Crippen LogP contribution in [0.15, 0.2) is 36.9 Å². The Bertz CT molecular complexity index is 515. The van der Waals surface area contributed by atoms with Crippen molar-refractivity contribution < 1.29 is 9.47 Å². The molecule has 4 nitrogen and oxygen atoms in total. The molecule has 17 heavy (non-hydrogen) atoms. The zero-order chi connectivity index (χ0) is 12.3. The van der Waals surface area contributed by atoms with Crippen molar-refractivity contribution in [3.8, 4) is 0 Å². The highest BCUT2D eigenvalue weighted by Crippen LogP contribution is 2.23. The number of imidazole rings is 1. The summed E-state index contributed by atoms with van der Waals surface area (Å²) < 4.78 is 12.6. The molecule has 0 unspecified atom stereocenters. The summed E-state index contributed by atoms with van der Waals surface area (Å²) in [5, 5.41) is 0. The van der Waals surface area contributed by atoms with Gasteiger partial charge in [0.1, 0.15) is 0 Å². The zero-order valence-electron chi connectivity index (χ0n) is 10.1. The van der Waals surface area contributed by atoms with Crippen LogP contribution in [0.4, 0.5) is 0 Å². The number of nitrogens with zero attached hydrogens (tertiary/aromatic N) is 2. The predicted molar refractivity (Wildman–Crippen MR) is 66.7 cm³/mol. The summed E-state index contributed by atoms with van der Waals surface area (Å²) in [6.45, 7) is 4.44. The Kier molecular flexibility index (Phi) is 3.56. The third-order valence-corrected chi connectivity index (χ3v) is 2.63. The Balaban J connectivity index is 2.60. The molecule has 1 aromatic heterocycles. The minimum atomic E-state index is -0.456. The van der Waals surface area contributed by atoms with Gasteiger partial charge >= 0.3 is 0 Å². The predicted octanol–water partition coefficient (Wildman–Crippen LogP) is 2.51. The van der Waals surface area contributed by atoms with Crippen LogP contribution in [0.2, 0.25) is 0 Å². The molecule has 0 bridgehead atoms. The molecule has 1 aromatic carbocycles. The Hall–Kier alpha value is -1.65. The molecular weight excluding hydrogens is 216 g/mol. The summed E-state index contributed by atoms with van der Waals surface area (Å²) in [6.07, 6.45) is 1.38. The second-order valence-corrected chi connectivity index (χ2v) is 3.66. The van der Waals surface area contributed by atoms with Crippen LogP contribution in [0, 0.1) is 0 Å². The van der Waals surface area contributed by atoms with E-state index >= 15 is 0 Å². The molecule has 0 radical (unpaired) electrons. The number of rotatable bonds is 5. The van der Waals surface area contributed by atoms with E-state index in [0.29, 0.717) is 6.54 Å². The third-order valence-electron chi connectivity index (χ3n) is 2.63. The molecule has 0 N–H and O–H groups in total. The topological polar surface area (TPSA) is 36.3 Å². The number of para-hydroxylation sites is 2. The highest BCUT2D eigenvalue weighted by atomic mass is 16.7. The number of aromatic nitrogens is 2. The van der Waals surface area contributed by atoms with Crippen molar-refractivity contribution in [1.29, 1.82) is 0 Å². The molecule has 0 aliphatic heterocycles. The van der Waals surface area contributed by atoms with Gasteiger partial charge < -0.3 is 14.0 Å². The minimum Gasteiger partial charge on any atom is -0.349 e. The summed E-state index contributed by atoms with van der Waals surface area (Å²) in [5.74, 6) is 0.760. The smallest absolute Gasteiger partial charge is 0.216 e. The molecule has 2 rings (SSSR count). The molecule has 4 heteroatoms. The number of methoxy groups -OCH3 is 2. The van der Waals surface area contributed by atoms with Gasteiger partial charge in [-0.3, -0.25) is 0 Å². The van der Waals surface area contributed by atoms with Crippen molar-refractivity contribution in [2.24, 2.45) is 0 Å². The number of fused-ring (bicyclic) bond motifs is 1. The summed E-state index contributed by atoms with van der Waals surface area (Å²) in [5.41, 5.74) is 1.99. The van der Waals surface area contributed by atoms with Crippen LogP contribution < -0.4 is 0 Å². The number of ether oxygens (including phenoxy) is 2. The first-order valence-corrected chi connectivity index (χ1v) is 5.43. The van der Waals surface area contributed by atoms with Gasteiger partial charge in [-0.2, -0.15) is 0 Å². The number of allylic oxidation sites excluding steroid dienone is 1. The molecule has 0 saturated heterocycles. The summed E-state index contributed by atoms with van der Waals surface area (Å²) in [7, 11) is 3.21. The fourth-order valence-electron chi connectivity index (χ4n) is 1.90. The van der Waals surface area contributed by atoms with Gasteiger partial charge in [0.2, 0.25) is 6.29 Å². The van der Waals surface area contributed by atoms with Gasteiger partial charge in [0.05, 0.1) is 11.0 Å². The molecule has 0 aliphatic carbocycles. The van der Waals surface area contributed by atoms with Gasteiger partial charge in [-0.05, 0) is 12.1 Å². The first kappa shape index (κ1) is 11.8. The molecule has 90 valence electrons. The van der Waals surface area contributed by atoms with Gasteiger partial charge in [0, 0.05) is 20.8 Å². The van der Waals surface area contributed by atoms with Crippen LogP contribution in [0.25, 0.3) is 11.0 Å². The van der Waals surface area contributed by atoms with Crippen molar-refractivity contribution in [3.63, 3.8) is 0 Å². The second-order valence-electron chi connectivity index (χ2n) is 3.66. The standard InChI is InChI=1S/C13H16N2O2/c1-4-9-15-11-8-6-5-7-10(11)14-12(15)13(16-2)17-3/h4-8,13H,1,9H2,2-3H3. The molecule has 1 heterocycles. The lowest BCUT2D eigenvalue weighted by atomic mass is 10.3. The molecular formula is C13H16N2O2. The summed E-state index contributed by atoms with van der Waals surface area (Å²) in [6, 6.07) is 7.95. The van der Waals surface area contributed by atoms with Crippen molar-refractivity contribution in [1.82, 2.24) is 9.55 Å². The van der Waals surface area contributed by atoms with Gasteiger partial charge in [-0.15, -0.1) is 6.58 Å². The van der Waals surface area contributed by atoms with Crippen LogP contribution in [0.5, 0.6) is 0 Å². The van der Waals surface area contributed by atoms with E-state index in [2.05, 4.69) is 11.6 Å². The lowest BCUT2D eigenvalue weighted by Crippen LogP contribution is -2.12. The van der Waals surface area contributed by atoms with Gasteiger partial charge in [0.15, 0.2) is 5.82 Å². The van der Waals surface area contributed by atoms with Gasteiger partial charge in [0.25, 0.3) is 0 Å². The van der Waals surface area contributed by atoms with E-state index in [4.69, 9.17) is 9.47 Å². The van der Waals surface area contributed by atoms with Crippen LogP contribution in [0.3, 0.4) is 0 Å². The van der Waals surface area contributed by atoms with Crippen LogP contribution in [0.1, 0.15) is 12.1 Å². The fourth-order valence-corrected chi connectivity index (χ4v) is 1.90. The fraction of sp³-hybridized carbons (Fsp3) is 0.308. The second kappa shape index (κ2) is 5.12. The van der Waals surface area contributed by atoms with Crippen LogP contribution in [-0.4, -0.2) is 23.8 Å². The third kappa shape index (κ3) is 2.09. The largest absolute Gasteiger partial charge is 0.349 e. The van der Waals surface area contributed by atoms with Crippen molar-refractivity contribution >= 4 is 11.0 Å². The average molecular weight is 232 g/mol. The average Bonchev–Trinajstić information content (AvgIpc) is 2.71. The first-order valence-electron chi connectivity index (χ1n) is 5.43. The Morgan fingerprint density at radius 1 is 1.35 bits per heavy atom. The van der Waals surface area contributed by atoms with Crippen LogP contribution >= 0.6 is 0 Å². The zero-order valence-corrected chi connectivity index (χ0v) is 10.1. The lowest BCUT2D eigenvalue weighted by molar-refractivity contribution is -0.112. The minimum absolute atomic E-state index is 0.456. The van der Waals surface area contributed by atoms with E-state index in [-0.39, 0.29) is 0 Å². The Morgan fingerprint density at radius 3 is 2.71 bits per heavy atom. The van der Waals surface area contributed by atoms with E-state index in [0.717, 1.165) is 16.9 Å². The molecule has 0 fully saturated rings. The quantitative estimate of drug-likeness (QED) is 0.587. The number of benzene rings is 1. The number of hydrogen-bond acceptors (Lipinski definition) is 3. The molecule has 0 spiro atoms. The van der Waals surface area contributed by atoms with Crippen molar-refractivity contribution in [2.75, 3.05) is 14.2 Å². The maximum atomic E-state index is 5.26. The van der Waals surface area contributed by atoms with Gasteiger partial charge in [-0.25, -0.2) is 4.98 Å². The first-order chi connectivity index (χ1) is 8.31. The molecule has 2 aromatic rings. The summed E-state index contributed by atoms with van der Waals surface area (Å²) in [4.78, 5) is 4.54. The molecule has 0 saturated carbocycles. The van der Waals surface area contributed by atoms with Crippen molar-refractivity contribution in [3.05, 3.63) is 42.7 Å². The molecule has 0 atom stereocenters. The summed E-state index contributed by atoms with van der Waals surface area (Å²) >= 11 is 0. The van der Waals surface area contributed by atoms with Gasteiger partial charge in [-0.1, -0.05) is 18.2 Å². The van der Waals surface area contributed by atoms with E-state index in [1.165, 1.54) is 0 Å². The number of hydrogen-bond donors (Lipinski definition) is 0. The molecule has 0 aliphatic rings. The van der Waals surface area contributed by atoms with Crippen molar-refractivity contribution in [2.45, 2.75) is 12.8 Å². The Morgan fingerprint density at radius 2 is 2.06 bits per heavy atom. The van der Waals surface area contributed by atoms with E-state index < -0.39 is 6.29 Å². The monoisotopic (exact) mass is 232 g/mol. The normalized spacial score (nSPS) is 11.2. The van der Waals surface area contributed by atoms with E-state index in [1.807, 2.05) is 34.9 Å². The van der Waals surface area contributed by atoms with E-state index in [9.17, 15) is 0 Å².